The number of phenols is 1. The van der Waals surface area contributed by atoms with Crippen LogP contribution in [0.3, 0.4) is 0 Å². The average molecular weight is 519 g/mol. The Morgan fingerprint density at radius 2 is 1.91 bits per heavy atom. The Balaban J connectivity index is 1.72. The number of phenolic OH excluding ortho intramolecular Hbond substituents is 1. The first-order valence-corrected chi connectivity index (χ1v) is 9.84. The number of methoxy groups -OCH3 is 1. The van der Waals surface area contributed by atoms with Gasteiger partial charge in [0.1, 0.15) is 0 Å². The number of amides is 1. The van der Waals surface area contributed by atoms with E-state index >= 15 is 0 Å². The van der Waals surface area contributed by atoms with Gasteiger partial charge in [0.25, 0.3) is 17.3 Å². The monoisotopic (exact) mass is 518 g/mol. The summed E-state index contributed by atoms with van der Waals surface area (Å²) in [5, 5.41) is 39.7. The van der Waals surface area contributed by atoms with Crippen LogP contribution in [0.5, 0.6) is 11.5 Å². The van der Waals surface area contributed by atoms with Crippen molar-refractivity contribution < 1.29 is 24.5 Å². The third-order valence-electron chi connectivity index (χ3n) is 4.31. The number of nitro benzene ring substituents is 2. The van der Waals surface area contributed by atoms with E-state index in [-0.39, 0.29) is 40.7 Å². The van der Waals surface area contributed by atoms with E-state index in [4.69, 9.17) is 4.74 Å². The van der Waals surface area contributed by atoms with Crippen LogP contribution >= 0.6 is 15.9 Å². The molecule has 3 rings (SSSR count). The van der Waals surface area contributed by atoms with Gasteiger partial charge >= 0.3 is 0 Å². The maximum atomic E-state index is 12.4. The number of aromatic nitrogens is 2. The predicted octanol–water partition coefficient (Wildman–Crippen LogP) is 2.99. The van der Waals surface area contributed by atoms with E-state index in [0.29, 0.717) is 4.47 Å². The lowest BCUT2D eigenvalue weighted by atomic mass is 10.2. The fourth-order valence-corrected chi connectivity index (χ4v) is 3.22. The minimum Gasteiger partial charge on any atom is -0.504 e. The lowest BCUT2D eigenvalue weighted by Gasteiger charge is -2.05. The maximum Gasteiger partial charge on any atom is 0.293 e. The molecule has 0 aliphatic carbocycles. The number of non-ortho nitro benzene ring substituents is 2. The molecule has 1 heterocycles. The molecule has 1 amide bonds. The van der Waals surface area contributed by atoms with Gasteiger partial charge in [0, 0.05) is 30.0 Å². The van der Waals surface area contributed by atoms with Crippen molar-refractivity contribution >= 4 is 39.4 Å². The quantitative estimate of drug-likeness (QED) is 0.259. The summed E-state index contributed by atoms with van der Waals surface area (Å²) in [4.78, 5) is 33.0. The smallest absolute Gasteiger partial charge is 0.293 e. The molecule has 33 heavy (non-hydrogen) atoms. The summed E-state index contributed by atoms with van der Waals surface area (Å²) in [6.45, 7) is 0.258. The summed E-state index contributed by atoms with van der Waals surface area (Å²) in [5.74, 6) is -1.18. The number of ether oxygens (including phenoxy) is 1. The van der Waals surface area contributed by atoms with Crippen LogP contribution in [0.1, 0.15) is 21.6 Å². The number of carbonyl (C=O) groups excluding carboxylic acids is 1. The minimum atomic E-state index is -0.683. The Labute approximate surface area is 193 Å². The third kappa shape index (κ3) is 5.48. The van der Waals surface area contributed by atoms with E-state index in [9.17, 15) is 30.1 Å². The number of halogens is 1. The van der Waals surface area contributed by atoms with E-state index in [1.54, 1.807) is 18.3 Å². The van der Waals surface area contributed by atoms with Crippen LogP contribution in [0, 0.1) is 20.2 Å². The van der Waals surface area contributed by atoms with Crippen LogP contribution in [0.4, 0.5) is 11.4 Å². The van der Waals surface area contributed by atoms with Crippen LogP contribution in [0.2, 0.25) is 0 Å². The average Bonchev–Trinajstić information content (AvgIpc) is 3.14. The molecule has 0 saturated heterocycles. The SMILES string of the molecule is COc1cc([N+](=O)[O-])cc(/C=N/NC(=O)c2nn(Cc3ccc([N+](=O)[O-])cc3)cc2Br)c1O. The van der Waals surface area contributed by atoms with Crippen molar-refractivity contribution in [3.63, 3.8) is 0 Å². The van der Waals surface area contributed by atoms with Crippen molar-refractivity contribution in [2.75, 3.05) is 7.11 Å². The molecule has 0 aliphatic rings. The Hall–Kier alpha value is -4.33. The minimum absolute atomic E-state index is 0.00917. The molecule has 0 unspecified atom stereocenters. The highest BCUT2D eigenvalue weighted by Crippen LogP contribution is 2.33. The van der Waals surface area contributed by atoms with Crippen LogP contribution in [-0.2, 0) is 6.54 Å². The largest absolute Gasteiger partial charge is 0.504 e. The van der Waals surface area contributed by atoms with E-state index in [1.165, 1.54) is 23.9 Å². The molecule has 0 bridgehead atoms. The number of nitrogens with one attached hydrogen (secondary N) is 1. The highest BCUT2D eigenvalue weighted by molar-refractivity contribution is 9.10. The first-order valence-electron chi connectivity index (χ1n) is 9.04. The van der Waals surface area contributed by atoms with Gasteiger partial charge in [0.15, 0.2) is 17.2 Å². The van der Waals surface area contributed by atoms with E-state index < -0.39 is 15.8 Å². The highest BCUT2D eigenvalue weighted by Gasteiger charge is 2.17. The second-order valence-electron chi connectivity index (χ2n) is 6.49. The lowest BCUT2D eigenvalue weighted by Crippen LogP contribution is -2.19. The maximum absolute atomic E-state index is 12.4. The Morgan fingerprint density at radius 3 is 2.52 bits per heavy atom. The second-order valence-corrected chi connectivity index (χ2v) is 7.34. The van der Waals surface area contributed by atoms with Crippen molar-refractivity contribution in [2.24, 2.45) is 5.10 Å². The van der Waals surface area contributed by atoms with Gasteiger partial charge in [-0.25, -0.2) is 5.43 Å². The fourth-order valence-electron chi connectivity index (χ4n) is 2.73. The summed E-state index contributed by atoms with van der Waals surface area (Å²) >= 11 is 3.24. The number of benzene rings is 2. The molecule has 0 saturated carbocycles. The molecule has 2 aromatic carbocycles. The summed E-state index contributed by atoms with van der Waals surface area (Å²) in [5.41, 5.74) is 2.57. The molecule has 0 fully saturated rings. The number of rotatable bonds is 8. The first kappa shape index (κ1) is 23.3. The molecule has 0 aliphatic heterocycles. The molecule has 0 atom stereocenters. The van der Waals surface area contributed by atoms with Crippen molar-refractivity contribution in [3.05, 3.63) is 84.1 Å². The Kier molecular flexibility index (Phi) is 6.97. The summed E-state index contributed by atoms with van der Waals surface area (Å²) in [6, 6.07) is 8.03. The normalized spacial score (nSPS) is 10.8. The number of nitro groups is 2. The fraction of sp³-hybridized carbons (Fsp3) is 0.105. The number of hydrazone groups is 1. The lowest BCUT2D eigenvalue weighted by molar-refractivity contribution is -0.385. The number of hydrogen-bond donors (Lipinski definition) is 2. The molecule has 170 valence electrons. The molecular formula is C19H15BrN6O7. The van der Waals surface area contributed by atoms with Gasteiger partial charge in [0.05, 0.1) is 40.3 Å². The summed E-state index contributed by atoms with van der Waals surface area (Å²) in [6.07, 6.45) is 2.59. The van der Waals surface area contributed by atoms with Gasteiger partial charge in [0.2, 0.25) is 0 Å². The van der Waals surface area contributed by atoms with Crippen molar-refractivity contribution in [1.82, 2.24) is 15.2 Å². The molecule has 0 spiro atoms. The third-order valence-corrected chi connectivity index (χ3v) is 4.89. The summed E-state index contributed by atoms with van der Waals surface area (Å²) < 4.78 is 6.73. The molecule has 3 aromatic rings. The van der Waals surface area contributed by atoms with E-state index in [2.05, 4.69) is 31.6 Å². The highest BCUT2D eigenvalue weighted by atomic mass is 79.9. The van der Waals surface area contributed by atoms with Crippen molar-refractivity contribution in [3.8, 4) is 11.5 Å². The van der Waals surface area contributed by atoms with E-state index in [1.807, 2.05) is 0 Å². The second kappa shape index (κ2) is 9.86. The van der Waals surface area contributed by atoms with Gasteiger partial charge in [-0.3, -0.25) is 29.7 Å². The predicted molar refractivity (Wildman–Crippen MR) is 118 cm³/mol. The van der Waals surface area contributed by atoms with Crippen LogP contribution in [0.25, 0.3) is 0 Å². The molecule has 13 nitrogen and oxygen atoms in total. The zero-order valence-electron chi connectivity index (χ0n) is 16.8. The standard InChI is InChI=1S/C19H15BrN6O7/c1-33-16-7-14(26(31)32)6-12(18(16)27)8-21-22-19(28)17-15(20)10-24(23-17)9-11-2-4-13(5-3-11)25(29)30/h2-8,10,27H,9H2,1H3,(H,22,28)/b21-8+. The van der Waals surface area contributed by atoms with Crippen molar-refractivity contribution in [1.29, 1.82) is 0 Å². The van der Waals surface area contributed by atoms with Gasteiger partial charge in [-0.15, -0.1) is 0 Å². The van der Waals surface area contributed by atoms with Gasteiger partial charge in [-0.1, -0.05) is 12.1 Å². The number of hydrogen-bond acceptors (Lipinski definition) is 9. The Bertz CT molecular complexity index is 1260. The van der Waals surface area contributed by atoms with Gasteiger partial charge in [-0.05, 0) is 21.5 Å². The van der Waals surface area contributed by atoms with Crippen LogP contribution in [0.15, 0.2) is 52.2 Å². The Morgan fingerprint density at radius 1 is 1.24 bits per heavy atom. The summed E-state index contributed by atoms with van der Waals surface area (Å²) in [7, 11) is 1.24. The van der Waals surface area contributed by atoms with Crippen LogP contribution < -0.4 is 10.2 Å². The molecular weight excluding hydrogens is 504 g/mol. The molecule has 1 aromatic heterocycles. The van der Waals surface area contributed by atoms with Crippen molar-refractivity contribution in [2.45, 2.75) is 6.54 Å². The molecule has 0 radical (unpaired) electrons. The molecule has 2 N–H and O–H groups in total. The van der Waals surface area contributed by atoms with Gasteiger partial charge in [-0.2, -0.15) is 10.2 Å². The van der Waals surface area contributed by atoms with Crippen LogP contribution in [-0.4, -0.2) is 44.0 Å². The van der Waals surface area contributed by atoms with Gasteiger partial charge < -0.3 is 9.84 Å². The number of nitrogens with zero attached hydrogens (tertiary/aromatic N) is 5. The number of aromatic hydroxyl groups is 1. The molecule has 14 heteroatoms. The zero-order valence-corrected chi connectivity index (χ0v) is 18.4. The van der Waals surface area contributed by atoms with E-state index in [0.717, 1.165) is 23.9 Å². The first-order chi connectivity index (χ1) is 15.7. The number of carbonyl (C=O) groups is 1. The topological polar surface area (TPSA) is 175 Å². The zero-order chi connectivity index (χ0) is 24.1.